The molecule has 0 aromatic carbocycles. The van der Waals surface area contributed by atoms with Gasteiger partial charge in [-0.3, -0.25) is 9.59 Å². The van der Waals surface area contributed by atoms with Gasteiger partial charge in [-0.1, -0.05) is 0 Å². The first-order valence-corrected chi connectivity index (χ1v) is 7.77. The normalized spacial score (nSPS) is 27.6. The lowest BCUT2D eigenvalue weighted by Gasteiger charge is -2.46. The minimum atomic E-state index is -0.746. The van der Waals surface area contributed by atoms with Crippen LogP contribution in [0, 0.1) is 5.92 Å². The fourth-order valence-corrected chi connectivity index (χ4v) is 3.68. The van der Waals surface area contributed by atoms with E-state index in [-0.39, 0.29) is 24.3 Å². The smallest absolute Gasteiger partial charge is 0.249 e. The molecule has 2 heterocycles. The summed E-state index contributed by atoms with van der Waals surface area (Å²) in [6, 6.07) is 0. The molecule has 2 fully saturated rings. The summed E-state index contributed by atoms with van der Waals surface area (Å²) in [5.74, 6) is 0.206. The third kappa shape index (κ3) is 1.93. The van der Waals surface area contributed by atoms with E-state index in [0.717, 1.165) is 17.8 Å². The van der Waals surface area contributed by atoms with Gasteiger partial charge < -0.3 is 10.2 Å². The zero-order chi connectivity index (χ0) is 14.5. The Morgan fingerprint density at radius 2 is 2.15 bits per heavy atom. The van der Waals surface area contributed by atoms with Gasteiger partial charge in [0.2, 0.25) is 11.8 Å². The van der Waals surface area contributed by atoms with E-state index < -0.39 is 11.1 Å². The van der Waals surface area contributed by atoms with E-state index in [1.165, 1.54) is 11.3 Å². The van der Waals surface area contributed by atoms with Gasteiger partial charge in [-0.25, -0.2) is 4.98 Å². The van der Waals surface area contributed by atoms with Crippen molar-refractivity contribution in [2.24, 2.45) is 5.92 Å². The molecule has 1 N–H and O–H groups in total. The molecule has 2 aliphatic rings. The second-order valence-electron chi connectivity index (χ2n) is 6.31. The van der Waals surface area contributed by atoms with Crippen LogP contribution in [0.25, 0.3) is 0 Å². The van der Waals surface area contributed by atoms with Crippen LogP contribution < -0.4 is 5.32 Å². The number of hydrogen-bond donors (Lipinski definition) is 1. The van der Waals surface area contributed by atoms with Gasteiger partial charge in [-0.05, 0) is 39.5 Å². The average Bonchev–Trinajstić information content (AvgIpc) is 3.09. The van der Waals surface area contributed by atoms with Gasteiger partial charge in [0, 0.05) is 11.6 Å². The summed E-state index contributed by atoms with van der Waals surface area (Å²) in [6.45, 7) is 5.87. The molecule has 20 heavy (non-hydrogen) atoms. The molecule has 0 radical (unpaired) electrons. The molecule has 1 atom stereocenters. The van der Waals surface area contributed by atoms with Crippen molar-refractivity contribution in [3.8, 4) is 0 Å². The minimum absolute atomic E-state index is 0.0137. The van der Waals surface area contributed by atoms with Crippen LogP contribution in [0.3, 0.4) is 0 Å². The van der Waals surface area contributed by atoms with Crippen molar-refractivity contribution in [1.82, 2.24) is 15.2 Å². The van der Waals surface area contributed by atoms with Gasteiger partial charge >= 0.3 is 0 Å². The number of nitrogens with zero attached hydrogens (tertiary/aromatic N) is 2. The van der Waals surface area contributed by atoms with Crippen LogP contribution in [0.5, 0.6) is 0 Å². The highest BCUT2D eigenvalue weighted by atomic mass is 32.1. The zero-order valence-electron chi connectivity index (χ0n) is 12.0. The fraction of sp³-hybridized carbons (Fsp3) is 0.643. The van der Waals surface area contributed by atoms with E-state index in [1.54, 1.807) is 11.1 Å². The molecule has 108 valence electrons. The fourth-order valence-electron chi connectivity index (χ4n) is 2.91. The van der Waals surface area contributed by atoms with E-state index in [1.807, 2.05) is 26.2 Å². The molecule has 0 spiro atoms. The number of carbonyl (C=O) groups excluding carboxylic acids is 2. The molecule has 6 heteroatoms. The van der Waals surface area contributed by atoms with E-state index >= 15 is 0 Å². The van der Waals surface area contributed by atoms with Gasteiger partial charge in [-0.15, -0.1) is 11.3 Å². The van der Waals surface area contributed by atoms with Crippen LogP contribution in [0.1, 0.15) is 38.6 Å². The SMILES string of the molecule is CC1(C2CC2)NC(=O)CN(C(C)(C)c2nccs2)C1=O. The molecule has 1 unspecified atom stereocenters. The molecular formula is C14H19N3O2S. The molecule has 0 bridgehead atoms. The Kier molecular flexibility index (Phi) is 2.90. The van der Waals surface area contributed by atoms with Crippen molar-refractivity contribution in [2.75, 3.05) is 6.54 Å². The largest absolute Gasteiger partial charge is 0.340 e. The Morgan fingerprint density at radius 3 is 2.70 bits per heavy atom. The summed E-state index contributed by atoms with van der Waals surface area (Å²) in [7, 11) is 0. The number of piperazine rings is 1. The maximum Gasteiger partial charge on any atom is 0.249 e. The second kappa shape index (κ2) is 4.28. The number of thiazole rings is 1. The van der Waals surface area contributed by atoms with E-state index in [4.69, 9.17) is 0 Å². The standard InChI is InChI=1S/C14H19N3O2S/c1-13(2,11-15-6-7-20-11)17-8-10(18)16-14(3,12(17)19)9-4-5-9/h6-7,9H,4-5,8H2,1-3H3,(H,16,18). The summed E-state index contributed by atoms with van der Waals surface area (Å²) < 4.78 is 0. The minimum Gasteiger partial charge on any atom is -0.340 e. The summed E-state index contributed by atoms with van der Waals surface area (Å²) in [6.07, 6.45) is 3.75. The summed E-state index contributed by atoms with van der Waals surface area (Å²) in [5, 5.41) is 5.66. The molecule has 1 aliphatic carbocycles. The molecule has 1 saturated heterocycles. The topological polar surface area (TPSA) is 62.3 Å². The number of hydrogen-bond acceptors (Lipinski definition) is 4. The van der Waals surface area contributed by atoms with Crippen molar-refractivity contribution in [2.45, 2.75) is 44.7 Å². The van der Waals surface area contributed by atoms with Crippen molar-refractivity contribution >= 4 is 23.2 Å². The second-order valence-corrected chi connectivity index (χ2v) is 7.21. The number of aromatic nitrogens is 1. The monoisotopic (exact) mass is 293 g/mol. The van der Waals surface area contributed by atoms with Crippen molar-refractivity contribution in [3.63, 3.8) is 0 Å². The maximum atomic E-state index is 12.9. The summed E-state index contributed by atoms with van der Waals surface area (Å²) in [4.78, 5) is 31.0. The summed E-state index contributed by atoms with van der Waals surface area (Å²) >= 11 is 1.51. The number of carbonyl (C=O) groups is 2. The predicted molar refractivity (Wildman–Crippen MR) is 76.1 cm³/mol. The quantitative estimate of drug-likeness (QED) is 0.919. The van der Waals surface area contributed by atoms with Gasteiger partial charge in [0.25, 0.3) is 0 Å². The molecule has 1 saturated carbocycles. The molecule has 5 nitrogen and oxygen atoms in total. The maximum absolute atomic E-state index is 12.9. The summed E-state index contributed by atoms with van der Waals surface area (Å²) in [5.41, 5.74) is -1.30. The predicted octanol–water partition coefficient (Wildman–Crippen LogP) is 1.51. The molecule has 1 aromatic heterocycles. The lowest BCUT2D eigenvalue weighted by molar-refractivity contribution is -0.156. The van der Waals surface area contributed by atoms with E-state index in [0.29, 0.717) is 0 Å². The Morgan fingerprint density at radius 1 is 1.45 bits per heavy atom. The van der Waals surface area contributed by atoms with Crippen LogP contribution >= 0.6 is 11.3 Å². The third-order valence-electron chi connectivity index (χ3n) is 4.41. The molecule has 2 amide bonds. The Labute approximate surface area is 122 Å². The first-order valence-electron chi connectivity index (χ1n) is 6.89. The Hall–Kier alpha value is -1.43. The highest BCUT2D eigenvalue weighted by molar-refractivity contribution is 7.09. The molecular weight excluding hydrogens is 274 g/mol. The van der Waals surface area contributed by atoms with Crippen molar-refractivity contribution < 1.29 is 9.59 Å². The van der Waals surface area contributed by atoms with Gasteiger partial charge in [0.1, 0.15) is 17.1 Å². The van der Waals surface area contributed by atoms with Crippen LogP contribution in [0.15, 0.2) is 11.6 Å². The third-order valence-corrected chi connectivity index (χ3v) is 5.50. The molecule has 1 aromatic rings. The van der Waals surface area contributed by atoms with Crippen LogP contribution in [0.4, 0.5) is 0 Å². The van der Waals surface area contributed by atoms with Crippen molar-refractivity contribution in [3.05, 3.63) is 16.6 Å². The molecule has 3 rings (SSSR count). The highest BCUT2D eigenvalue weighted by Crippen LogP contribution is 2.43. The van der Waals surface area contributed by atoms with E-state index in [2.05, 4.69) is 10.3 Å². The number of rotatable bonds is 3. The number of nitrogens with one attached hydrogen (secondary N) is 1. The van der Waals surface area contributed by atoms with E-state index in [9.17, 15) is 9.59 Å². The zero-order valence-corrected chi connectivity index (χ0v) is 12.8. The number of amides is 2. The van der Waals surface area contributed by atoms with Crippen LogP contribution in [0.2, 0.25) is 0 Å². The van der Waals surface area contributed by atoms with Crippen molar-refractivity contribution in [1.29, 1.82) is 0 Å². The van der Waals surface area contributed by atoms with Gasteiger partial charge in [0.15, 0.2) is 0 Å². The van der Waals surface area contributed by atoms with Gasteiger partial charge in [0.05, 0.1) is 5.54 Å². The lowest BCUT2D eigenvalue weighted by atomic mass is 9.88. The Balaban J connectivity index is 1.96. The first-order chi connectivity index (χ1) is 9.35. The first kappa shape index (κ1) is 13.5. The average molecular weight is 293 g/mol. The molecule has 1 aliphatic heterocycles. The van der Waals surface area contributed by atoms with Gasteiger partial charge in [-0.2, -0.15) is 0 Å². The van der Waals surface area contributed by atoms with Crippen LogP contribution in [-0.4, -0.2) is 33.8 Å². The van der Waals surface area contributed by atoms with Crippen LogP contribution in [-0.2, 0) is 15.1 Å². The highest BCUT2D eigenvalue weighted by Gasteiger charge is 2.55. The lowest BCUT2D eigenvalue weighted by Crippen LogP contribution is -2.69. The Bertz CT molecular complexity index is 551.